The smallest absolute Gasteiger partial charge is 0.224 e. The minimum Gasteiger partial charge on any atom is -0.326 e. The molecule has 0 aliphatic heterocycles. The second-order valence-corrected chi connectivity index (χ2v) is 4.56. The van der Waals surface area contributed by atoms with Gasteiger partial charge in [0.1, 0.15) is 0 Å². The van der Waals surface area contributed by atoms with E-state index >= 15 is 0 Å². The number of anilines is 1. The number of pyridine rings is 1. The molecule has 0 aromatic carbocycles. The van der Waals surface area contributed by atoms with E-state index in [9.17, 15) is 4.79 Å². The molecule has 1 amide bonds. The third kappa shape index (κ3) is 3.19. The largest absolute Gasteiger partial charge is 0.326 e. The highest BCUT2D eigenvalue weighted by molar-refractivity contribution is 5.90. The van der Waals surface area contributed by atoms with Gasteiger partial charge in [-0.15, -0.1) is 0 Å². The highest BCUT2D eigenvalue weighted by Gasteiger charge is 2.11. The van der Waals surface area contributed by atoms with Gasteiger partial charge in [0.25, 0.3) is 0 Å². The lowest BCUT2D eigenvalue weighted by molar-refractivity contribution is -0.116. The molecule has 5 nitrogen and oxygen atoms in total. The van der Waals surface area contributed by atoms with Gasteiger partial charge in [0, 0.05) is 37.2 Å². The number of carbonyl (C=O) groups is 1. The van der Waals surface area contributed by atoms with Crippen LogP contribution in [0.25, 0.3) is 0 Å². The second-order valence-electron chi connectivity index (χ2n) is 4.56. The maximum absolute atomic E-state index is 11.9. The zero-order chi connectivity index (χ0) is 13.8. The van der Waals surface area contributed by atoms with Crippen LogP contribution in [-0.2, 0) is 18.3 Å². The predicted molar refractivity (Wildman–Crippen MR) is 73.9 cm³/mol. The molecule has 1 N–H and O–H groups in total. The van der Waals surface area contributed by atoms with Crippen molar-refractivity contribution in [1.82, 2.24) is 14.8 Å². The summed E-state index contributed by atoms with van der Waals surface area (Å²) in [6, 6.07) is 3.55. The van der Waals surface area contributed by atoms with Gasteiger partial charge in [0.15, 0.2) is 0 Å². The summed E-state index contributed by atoms with van der Waals surface area (Å²) in [5, 5.41) is 7.20. The van der Waals surface area contributed by atoms with Crippen molar-refractivity contribution in [3.8, 4) is 0 Å². The first-order chi connectivity index (χ1) is 9.08. The van der Waals surface area contributed by atoms with E-state index in [4.69, 9.17) is 0 Å². The van der Waals surface area contributed by atoms with Crippen LogP contribution in [0.4, 0.5) is 5.69 Å². The first kappa shape index (κ1) is 13.3. The highest BCUT2D eigenvalue weighted by Crippen LogP contribution is 2.14. The number of amides is 1. The van der Waals surface area contributed by atoms with Crippen LogP contribution in [0.5, 0.6) is 0 Å². The van der Waals surface area contributed by atoms with Crippen molar-refractivity contribution in [2.45, 2.75) is 26.7 Å². The molecular weight excluding hydrogens is 240 g/mol. The molecule has 19 heavy (non-hydrogen) atoms. The molecule has 0 fully saturated rings. The molecule has 2 aromatic heterocycles. The Morgan fingerprint density at radius 1 is 1.32 bits per heavy atom. The molecular formula is C14H18N4O. The molecule has 2 aromatic rings. The number of hydrogen-bond acceptors (Lipinski definition) is 3. The van der Waals surface area contributed by atoms with Gasteiger partial charge in [0.2, 0.25) is 5.91 Å². The lowest BCUT2D eigenvalue weighted by atomic mass is 10.1. The minimum absolute atomic E-state index is 0.00820. The Morgan fingerprint density at radius 3 is 2.58 bits per heavy atom. The summed E-state index contributed by atoms with van der Waals surface area (Å²) in [7, 11) is 1.92. The molecule has 0 bridgehead atoms. The first-order valence-corrected chi connectivity index (χ1v) is 6.27. The molecule has 0 saturated heterocycles. The number of aromatic nitrogens is 3. The fourth-order valence-electron chi connectivity index (χ4n) is 2.08. The average Bonchev–Trinajstić information content (AvgIpc) is 2.62. The Hall–Kier alpha value is -2.17. The van der Waals surface area contributed by atoms with E-state index in [1.807, 2.05) is 25.6 Å². The molecule has 5 heteroatoms. The summed E-state index contributed by atoms with van der Waals surface area (Å²) in [6.45, 7) is 4.00. The van der Waals surface area contributed by atoms with Gasteiger partial charge < -0.3 is 5.32 Å². The van der Waals surface area contributed by atoms with Gasteiger partial charge >= 0.3 is 0 Å². The standard InChI is InChI=1S/C14H18N4O/c1-10-13(11(2)18(3)17-10)4-5-14(19)16-12-6-8-15-9-7-12/h6-9H,4-5H2,1-3H3,(H,15,16,19). The van der Waals surface area contributed by atoms with E-state index in [2.05, 4.69) is 15.4 Å². The average molecular weight is 258 g/mol. The summed E-state index contributed by atoms with van der Waals surface area (Å²) in [4.78, 5) is 15.8. The maximum atomic E-state index is 11.9. The Morgan fingerprint density at radius 2 is 2.00 bits per heavy atom. The van der Waals surface area contributed by atoms with Gasteiger partial charge in [-0.05, 0) is 38.0 Å². The second kappa shape index (κ2) is 5.65. The topological polar surface area (TPSA) is 59.8 Å². The number of aryl methyl sites for hydroxylation is 2. The number of hydrogen-bond donors (Lipinski definition) is 1. The molecule has 0 unspecified atom stereocenters. The monoisotopic (exact) mass is 258 g/mol. The molecule has 0 aliphatic rings. The van der Waals surface area contributed by atoms with Crippen molar-refractivity contribution in [1.29, 1.82) is 0 Å². The van der Waals surface area contributed by atoms with E-state index in [-0.39, 0.29) is 5.91 Å². The molecule has 0 saturated carbocycles. The van der Waals surface area contributed by atoms with Crippen molar-refractivity contribution in [2.75, 3.05) is 5.32 Å². The van der Waals surface area contributed by atoms with E-state index in [0.29, 0.717) is 12.8 Å². The first-order valence-electron chi connectivity index (χ1n) is 6.27. The van der Waals surface area contributed by atoms with Crippen LogP contribution in [0, 0.1) is 13.8 Å². The molecule has 0 atom stereocenters. The lowest BCUT2D eigenvalue weighted by Crippen LogP contribution is -2.12. The molecule has 0 aliphatic carbocycles. The van der Waals surface area contributed by atoms with Crippen LogP contribution in [0.2, 0.25) is 0 Å². The van der Waals surface area contributed by atoms with Crippen LogP contribution in [0.1, 0.15) is 23.4 Å². The van der Waals surface area contributed by atoms with Crippen LogP contribution in [0.3, 0.4) is 0 Å². The predicted octanol–water partition coefficient (Wildman–Crippen LogP) is 2.00. The number of nitrogens with one attached hydrogen (secondary N) is 1. The van der Waals surface area contributed by atoms with Crippen molar-refractivity contribution >= 4 is 11.6 Å². The highest BCUT2D eigenvalue weighted by atomic mass is 16.1. The van der Waals surface area contributed by atoms with Crippen LogP contribution < -0.4 is 5.32 Å². The fraction of sp³-hybridized carbons (Fsp3) is 0.357. The van der Waals surface area contributed by atoms with Gasteiger partial charge in [-0.3, -0.25) is 14.5 Å². The van der Waals surface area contributed by atoms with Gasteiger partial charge in [-0.1, -0.05) is 0 Å². The summed E-state index contributed by atoms with van der Waals surface area (Å²) < 4.78 is 1.85. The molecule has 100 valence electrons. The van der Waals surface area contributed by atoms with E-state index in [0.717, 1.165) is 22.6 Å². The molecule has 0 spiro atoms. The van der Waals surface area contributed by atoms with E-state index in [1.54, 1.807) is 24.5 Å². The maximum Gasteiger partial charge on any atom is 0.224 e. The molecule has 0 radical (unpaired) electrons. The number of nitrogens with zero attached hydrogens (tertiary/aromatic N) is 3. The SMILES string of the molecule is Cc1nn(C)c(C)c1CCC(=O)Nc1ccncc1. The fourth-order valence-corrected chi connectivity index (χ4v) is 2.08. The summed E-state index contributed by atoms with van der Waals surface area (Å²) in [5.74, 6) is 0.00820. The van der Waals surface area contributed by atoms with Crippen LogP contribution >= 0.6 is 0 Å². The van der Waals surface area contributed by atoms with Crippen molar-refractivity contribution in [3.05, 3.63) is 41.5 Å². The third-order valence-electron chi connectivity index (χ3n) is 3.23. The van der Waals surface area contributed by atoms with Crippen LogP contribution in [-0.4, -0.2) is 20.7 Å². The number of rotatable bonds is 4. The Balaban J connectivity index is 1.94. The summed E-state index contributed by atoms with van der Waals surface area (Å²) in [6.07, 6.45) is 4.48. The Bertz CT molecular complexity index is 575. The quantitative estimate of drug-likeness (QED) is 0.912. The van der Waals surface area contributed by atoms with Crippen molar-refractivity contribution < 1.29 is 4.79 Å². The van der Waals surface area contributed by atoms with Crippen molar-refractivity contribution in [3.63, 3.8) is 0 Å². The Labute approximate surface area is 112 Å². The van der Waals surface area contributed by atoms with Gasteiger partial charge in [-0.25, -0.2) is 0 Å². The van der Waals surface area contributed by atoms with E-state index in [1.165, 1.54) is 0 Å². The number of carbonyl (C=O) groups excluding carboxylic acids is 1. The summed E-state index contributed by atoms with van der Waals surface area (Å²) >= 11 is 0. The van der Waals surface area contributed by atoms with Gasteiger partial charge in [-0.2, -0.15) is 5.10 Å². The summed E-state index contributed by atoms with van der Waals surface area (Å²) in [5.41, 5.74) is 4.05. The molecule has 2 rings (SSSR count). The lowest BCUT2D eigenvalue weighted by Gasteiger charge is -2.05. The van der Waals surface area contributed by atoms with Crippen LogP contribution in [0.15, 0.2) is 24.5 Å². The zero-order valence-corrected chi connectivity index (χ0v) is 11.5. The van der Waals surface area contributed by atoms with Crippen molar-refractivity contribution in [2.24, 2.45) is 7.05 Å². The minimum atomic E-state index is 0.00820. The molecule has 2 heterocycles. The zero-order valence-electron chi connectivity index (χ0n) is 11.5. The third-order valence-corrected chi connectivity index (χ3v) is 3.23. The Kier molecular flexibility index (Phi) is 3.94. The van der Waals surface area contributed by atoms with E-state index < -0.39 is 0 Å². The normalized spacial score (nSPS) is 10.5. The van der Waals surface area contributed by atoms with Gasteiger partial charge in [0.05, 0.1) is 5.69 Å².